The van der Waals surface area contributed by atoms with Crippen LogP contribution in [0.2, 0.25) is 0 Å². The topological polar surface area (TPSA) is 40.6 Å². The minimum absolute atomic E-state index is 0.0793. The number of hydrogen-bond donors (Lipinski definition) is 0. The zero-order valence-electron chi connectivity index (χ0n) is 17.9. The van der Waals surface area contributed by atoms with Crippen molar-refractivity contribution in [3.63, 3.8) is 0 Å². The van der Waals surface area contributed by atoms with Crippen molar-refractivity contribution in [3.05, 3.63) is 71.0 Å². The van der Waals surface area contributed by atoms with Gasteiger partial charge in [0.2, 0.25) is 11.8 Å². The highest BCUT2D eigenvalue weighted by atomic mass is 19.1. The maximum absolute atomic E-state index is 13.3. The number of likely N-dealkylation sites (tertiary alicyclic amines) is 1. The van der Waals surface area contributed by atoms with Gasteiger partial charge in [0, 0.05) is 33.6 Å². The molecule has 0 spiro atoms. The molecule has 1 fully saturated rings. The van der Waals surface area contributed by atoms with Gasteiger partial charge in [-0.3, -0.25) is 9.59 Å². The lowest BCUT2D eigenvalue weighted by atomic mass is 9.89. The summed E-state index contributed by atoms with van der Waals surface area (Å²) >= 11 is 0. The lowest BCUT2D eigenvalue weighted by molar-refractivity contribution is -0.132. The van der Waals surface area contributed by atoms with Crippen molar-refractivity contribution in [2.45, 2.75) is 38.5 Å². The van der Waals surface area contributed by atoms with Crippen LogP contribution in [0.4, 0.5) is 4.39 Å². The molecule has 0 atom stereocenters. The van der Waals surface area contributed by atoms with Gasteiger partial charge in [0.25, 0.3) is 0 Å². The quantitative estimate of drug-likeness (QED) is 0.695. The molecule has 1 saturated heterocycles. The summed E-state index contributed by atoms with van der Waals surface area (Å²) in [6.45, 7) is 1.53. The third kappa shape index (κ3) is 6.41. The molecule has 1 heterocycles. The number of nitrogens with zero attached hydrogens (tertiary/aromatic N) is 2. The van der Waals surface area contributed by atoms with Crippen LogP contribution in [0.15, 0.2) is 48.5 Å². The highest BCUT2D eigenvalue weighted by Gasteiger charge is 2.23. The molecule has 0 unspecified atom stereocenters. The maximum atomic E-state index is 13.3. The molecule has 2 amide bonds. The molecule has 0 N–H and O–H groups in total. The van der Waals surface area contributed by atoms with Gasteiger partial charge in [-0.15, -0.1) is 0 Å². The van der Waals surface area contributed by atoms with Crippen LogP contribution in [0.3, 0.4) is 0 Å². The second kappa shape index (κ2) is 10.4. The normalized spacial score (nSPS) is 14.6. The average Bonchev–Trinajstić information content (AvgIpc) is 2.73. The van der Waals surface area contributed by atoms with E-state index in [9.17, 15) is 14.0 Å². The third-order valence-corrected chi connectivity index (χ3v) is 5.89. The average molecular weight is 411 g/mol. The van der Waals surface area contributed by atoms with Crippen LogP contribution in [0.5, 0.6) is 0 Å². The second-order valence-electron chi connectivity index (χ2n) is 8.44. The number of amides is 2. The monoisotopic (exact) mass is 410 g/mol. The number of carbonyl (C=O) groups is 2. The van der Waals surface area contributed by atoms with Crippen molar-refractivity contribution in [1.29, 1.82) is 0 Å². The first-order chi connectivity index (χ1) is 14.4. The summed E-state index contributed by atoms with van der Waals surface area (Å²) in [7, 11) is 3.57. The SMILES string of the molecule is CN(C)C(=O)CCc1ccc(CC2CCN(C(=O)Cc3cccc(F)c3)CC2)cc1. The molecule has 0 radical (unpaired) electrons. The number of piperidine rings is 1. The molecule has 3 rings (SSSR count). The summed E-state index contributed by atoms with van der Waals surface area (Å²) in [6.07, 6.45) is 4.57. The van der Waals surface area contributed by atoms with E-state index in [0.717, 1.165) is 44.3 Å². The summed E-state index contributed by atoms with van der Waals surface area (Å²) in [6, 6.07) is 14.9. The fourth-order valence-corrected chi connectivity index (χ4v) is 3.97. The number of rotatable bonds is 7. The Morgan fingerprint density at radius 3 is 2.30 bits per heavy atom. The van der Waals surface area contributed by atoms with E-state index >= 15 is 0 Å². The van der Waals surface area contributed by atoms with Crippen LogP contribution < -0.4 is 0 Å². The molecule has 5 heteroatoms. The Hall–Kier alpha value is -2.69. The molecule has 1 aliphatic rings. The highest BCUT2D eigenvalue weighted by Crippen LogP contribution is 2.23. The van der Waals surface area contributed by atoms with Crippen molar-refractivity contribution in [1.82, 2.24) is 9.80 Å². The van der Waals surface area contributed by atoms with Gasteiger partial charge < -0.3 is 9.80 Å². The van der Waals surface area contributed by atoms with Crippen molar-refractivity contribution >= 4 is 11.8 Å². The largest absolute Gasteiger partial charge is 0.349 e. The van der Waals surface area contributed by atoms with Crippen molar-refractivity contribution < 1.29 is 14.0 Å². The first kappa shape index (κ1) is 22.0. The van der Waals surface area contributed by atoms with Crippen LogP contribution in [-0.2, 0) is 28.9 Å². The van der Waals surface area contributed by atoms with Crippen LogP contribution in [0, 0.1) is 11.7 Å². The fourth-order valence-electron chi connectivity index (χ4n) is 3.97. The van der Waals surface area contributed by atoms with Crippen molar-refractivity contribution in [2.24, 2.45) is 5.92 Å². The van der Waals surface area contributed by atoms with Gasteiger partial charge in [-0.05, 0) is 60.4 Å². The number of halogens is 1. The maximum Gasteiger partial charge on any atom is 0.226 e. The number of hydrogen-bond acceptors (Lipinski definition) is 2. The van der Waals surface area contributed by atoms with E-state index in [1.807, 2.05) is 4.90 Å². The molecule has 30 heavy (non-hydrogen) atoms. The Kier molecular flexibility index (Phi) is 7.61. The Morgan fingerprint density at radius 1 is 1.00 bits per heavy atom. The molecule has 0 aromatic heterocycles. The Labute approximate surface area is 178 Å². The summed E-state index contributed by atoms with van der Waals surface area (Å²) in [5.74, 6) is 0.507. The van der Waals surface area contributed by atoms with Crippen LogP contribution >= 0.6 is 0 Å². The van der Waals surface area contributed by atoms with Gasteiger partial charge in [0.05, 0.1) is 6.42 Å². The minimum atomic E-state index is -0.297. The van der Waals surface area contributed by atoms with Crippen molar-refractivity contribution in [2.75, 3.05) is 27.2 Å². The third-order valence-electron chi connectivity index (χ3n) is 5.89. The van der Waals surface area contributed by atoms with Gasteiger partial charge in [0.1, 0.15) is 5.82 Å². The van der Waals surface area contributed by atoms with Crippen LogP contribution in [0.1, 0.15) is 36.0 Å². The molecular weight excluding hydrogens is 379 g/mol. The molecule has 0 saturated carbocycles. The lowest BCUT2D eigenvalue weighted by Gasteiger charge is -2.32. The molecule has 1 aliphatic heterocycles. The van der Waals surface area contributed by atoms with E-state index in [0.29, 0.717) is 12.3 Å². The summed E-state index contributed by atoms with van der Waals surface area (Å²) in [5.41, 5.74) is 3.23. The minimum Gasteiger partial charge on any atom is -0.349 e. The van der Waals surface area contributed by atoms with E-state index < -0.39 is 0 Å². The Morgan fingerprint density at radius 2 is 1.67 bits per heavy atom. The van der Waals surface area contributed by atoms with E-state index in [1.165, 1.54) is 23.3 Å². The molecule has 4 nitrogen and oxygen atoms in total. The van der Waals surface area contributed by atoms with Crippen LogP contribution in [0.25, 0.3) is 0 Å². The predicted molar refractivity (Wildman–Crippen MR) is 117 cm³/mol. The smallest absolute Gasteiger partial charge is 0.226 e. The second-order valence-corrected chi connectivity index (χ2v) is 8.44. The van der Waals surface area contributed by atoms with E-state index in [-0.39, 0.29) is 24.1 Å². The van der Waals surface area contributed by atoms with Gasteiger partial charge >= 0.3 is 0 Å². The van der Waals surface area contributed by atoms with E-state index in [4.69, 9.17) is 0 Å². The van der Waals surface area contributed by atoms with Gasteiger partial charge in [-0.1, -0.05) is 36.4 Å². The lowest BCUT2D eigenvalue weighted by Crippen LogP contribution is -2.39. The number of benzene rings is 2. The molecule has 2 aromatic carbocycles. The first-order valence-electron chi connectivity index (χ1n) is 10.7. The predicted octanol–water partition coefficient (Wildman–Crippen LogP) is 3.87. The summed E-state index contributed by atoms with van der Waals surface area (Å²) in [5, 5.41) is 0. The number of aryl methyl sites for hydroxylation is 1. The Bertz CT molecular complexity index is 856. The zero-order chi connectivity index (χ0) is 21.5. The van der Waals surface area contributed by atoms with Gasteiger partial charge in [-0.2, -0.15) is 0 Å². The summed E-state index contributed by atoms with van der Waals surface area (Å²) in [4.78, 5) is 27.8. The zero-order valence-corrected chi connectivity index (χ0v) is 17.9. The molecule has 160 valence electrons. The molecule has 0 aliphatic carbocycles. The standard InChI is InChI=1S/C25H31FN2O2/c1-27(2)24(29)11-10-19-6-8-20(9-7-19)16-21-12-14-28(15-13-21)25(30)18-22-4-3-5-23(26)17-22/h3-9,17,21H,10-16,18H2,1-2H3. The van der Waals surface area contributed by atoms with Crippen molar-refractivity contribution in [3.8, 4) is 0 Å². The fraction of sp³-hybridized carbons (Fsp3) is 0.440. The first-order valence-corrected chi connectivity index (χ1v) is 10.7. The molecule has 0 bridgehead atoms. The molecule has 2 aromatic rings. The number of carbonyl (C=O) groups excluding carboxylic acids is 2. The van der Waals surface area contributed by atoms with Crippen LogP contribution in [-0.4, -0.2) is 48.8 Å². The van der Waals surface area contributed by atoms with Gasteiger partial charge in [-0.25, -0.2) is 4.39 Å². The molecular formula is C25H31FN2O2. The van der Waals surface area contributed by atoms with Gasteiger partial charge in [0.15, 0.2) is 0 Å². The summed E-state index contributed by atoms with van der Waals surface area (Å²) < 4.78 is 13.3. The van der Waals surface area contributed by atoms with E-state index in [2.05, 4.69) is 24.3 Å². The highest BCUT2D eigenvalue weighted by molar-refractivity contribution is 5.78. The Balaban J connectivity index is 1.43. The van der Waals surface area contributed by atoms with E-state index in [1.54, 1.807) is 31.1 Å².